The van der Waals surface area contributed by atoms with Crippen molar-refractivity contribution in [2.75, 3.05) is 40.5 Å². The number of methoxy groups -OCH3 is 2. The van der Waals surface area contributed by atoms with Crippen molar-refractivity contribution in [3.8, 4) is 22.4 Å². The zero-order chi connectivity index (χ0) is 45.8. The lowest BCUT2D eigenvalue weighted by Gasteiger charge is -2.30. The first-order valence-electron chi connectivity index (χ1n) is 23.4. The third kappa shape index (κ3) is 10.00. The number of hydrogen-bond donors (Lipinski definition) is 4. The molecule has 0 spiro atoms. The Morgan fingerprint density at radius 1 is 0.708 bits per heavy atom. The number of hydrogen-bond acceptors (Lipinski definition) is 9. The van der Waals surface area contributed by atoms with Gasteiger partial charge in [-0.2, -0.15) is 0 Å². The van der Waals surface area contributed by atoms with Crippen molar-refractivity contribution in [3.05, 3.63) is 72.4 Å². The minimum Gasteiger partial charge on any atom is -0.453 e. The number of imidazole rings is 2. The van der Waals surface area contributed by atoms with Gasteiger partial charge >= 0.3 is 12.2 Å². The number of rotatable bonds is 14. The van der Waals surface area contributed by atoms with Crippen molar-refractivity contribution in [3.63, 3.8) is 0 Å². The maximum atomic E-state index is 14.3. The number of fused-ring (bicyclic) bond motifs is 3. The highest BCUT2D eigenvalue weighted by molar-refractivity contribution is 6.05. The van der Waals surface area contributed by atoms with Crippen molar-refractivity contribution in [2.45, 2.75) is 103 Å². The predicted octanol–water partition coefficient (Wildman–Crippen LogP) is 8.68. The first-order chi connectivity index (χ1) is 31.4. The van der Waals surface area contributed by atoms with E-state index in [1.165, 1.54) is 46.3 Å². The van der Waals surface area contributed by atoms with Crippen LogP contribution in [-0.4, -0.2) is 106 Å². The van der Waals surface area contributed by atoms with Gasteiger partial charge < -0.3 is 44.6 Å². The molecule has 4 N–H and O–H groups in total. The molecule has 4 amide bonds. The lowest BCUT2D eigenvalue weighted by Crippen LogP contribution is -2.51. The number of carbonyl (C=O) groups excluding carboxylic acids is 4. The van der Waals surface area contributed by atoms with E-state index in [1.54, 1.807) is 0 Å². The average Bonchev–Trinajstić information content (AvgIpc) is 4.16. The zero-order valence-electron chi connectivity index (χ0n) is 38.5. The van der Waals surface area contributed by atoms with Crippen LogP contribution in [0.1, 0.15) is 103 Å². The number of alkyl carbamates (subject to hydrolysis) is 2. The summed E-state index contributed by atoms with van der Waals surface area (Å²) in [5, 5.41) is 7.54. The summed E-state index contributed by atoms with van der Waals surface area (Å²) in [5.74, 6) is 1.61. The molecule has 1 aliphatic carbocycles. The van der Waals surface area contributed by atoms with Crippen molar-refractivity contribution >= 4 is 45.8 Å². The Bertz CT molecular complexity index is 2470. The molecule has 1 saturated carbocycles. The summed E-state index contributed by atoms with van der Waals surface area (Å²) in [4.78, 5) is 72.9. The van der Waals surface area contributed by atoms with Crippen LogP contribution in [0.15, 0.2) is 60.8 Å². The van der Waals surface area contributed by atoms with Crippen LogP contribution in [0.5, 0.6) is 0 Å². The van der Waals surface area contributed by atoms with Crippen LogP contribution in [0, 0.1) is 23.7 Å². The zero-order valence-corrected chi connectivity index (χ0v) is 38.5. The molecule has 2 aliphatic heterocycles. The largest absolute Gasteiger partial charge is 0.453 e. The number of amides is 4. The first-order valence-corrected chi connectivity index (χ1v) is 23.4. The van der Waals surface area contributed by atoms with Crippen molar-refractivity contribution in [2.24, 2.45) is 23.7 Å². The SMILES string of the molecule is COC(=O)N[C@H](C(=O)N1CCC[C@H]1c1ncc(-c2ccc(-c3ccc4c(ccc5[nH]c([C@@H]6C[C@H](COCC7CCCCC7)CN6C(=O)[C@@H](NC(=O)OC)C(C)C)nc54)c3)cc2)[nH]1)C(C)C. The number of benzene rings is 3. The Labute approximate surface area is 380 Å². The molecule has 5 atom stereocenters. The molecular weight excluding hydrogens is 825 g/mol. The standard InChI is InChI=1S/C50H64N8O7/c1-29(2)42(55-49(61)63-5)47(59)57-22-10-13-40(57)45-51-25-39(53-45)34-16-14-33(15-17-34)35-18-20-37-36(24-35)19-21-38-44(37)54-46(52-38)41-23-32(28-65-27-31-11-8-7-9-12-31)26-58(41)48(60)43(30(3)4)56-50(62)64-6/h14-21,24-25,29-32,40-43H,7-13,22-23,26-28H2,1-6H3,(H,51,53)(H,52,54)(H,55,61)(H,56,62)/t32-,40-,41-,42-,43-/m0/s1. The second-order valence-corrected chi connectivity index (χ2v) is 18.8. The van der Waals surface area contributed by atoms with Gasteiger partial charge in [-0.25, -0.2) is 19.6 Å². The minimum atomic E-state index is -0.747. The van der Waals surface area contributed by atoms with Crippen LogP contribution < -0.4 is 10.6 Å². The molecule has 3 fully saturated rings. The fourth-order valence-electron chi connectivity index (χ4n) is 10.0. The summed E-state index contributed by atoms with van der Waals surface area (Å²) in [7, 11) is 2.60. The van der Waals surface area contributed by atoms with Crippen LogP contribution in [0.25, 0.3) is 44.2 Å². The van der Waals surface area contributed by atoms with E-state index < -0.39 is 24.3 Å². The lowest BCUT2D eigenvalue weighted by atomic mass is 9.90. The molecule has 0 unspecified atom stereocenters. The van der Waals surface area contributed by atoms with Gasteiger partial charge in [0, 0.05) is 31.0 Å². The molecule has 4 heterocycles. The molecule has 3 aromatic carbocycles. The third-order valence-electron chi connectivity index (χ3n) is 13.7. The molecule has 65 heavy (non-hydrogen) atoms. The van der Waals surface area contributed by atoms with E-state index in [-0.39, 0.29) is 41.7 Å². The van der Waals surface area contributed by atoms with E-state index in [0.717, 1.165) is 75.3 Å². The van der Waals surface area contributed by atoms with Crippen LogP contribution >= 0.6 is 0 Å². The van der Waals surface area contributed by atoms with E-state index in [1.807, 2.05) is 43.7 Å². The molecule has 8 rings (SSSR count). The molecule has 2 saturated heterocycles. The topological polar surface area (TPSA) is 184 Å². The van der Waals surface area contributed by atoms with E-state index in [0.29, 0.717) is 32.0 Å². The number of H-pyrrole nitrogens is 2. The van der Waals surface area contributed by atoms with Crippen LogP contribution in [0.3, 0.4) is 0 Å². The van der Waals surface area contributed by atoms with Gasteiger partial charge in [0.05, 0.1) is 55.8 Å². The smallest absolute Gasteiger partial charge is 0.407 e. The van der Waals surface area contributed by atoms with Crippen molar-refractivity contribution in [1.29, 1.82) is 0 Å². The lowest BCUT2D eigenvalue weighted by molar-refractivity contribution is -0.136. The van der Waals surface area contributed by atoms with Gasteiger partial charge in [0.15, 0.2) is 0 Å². The second kappa shape index (κ2) is 20.1. The second-order valence-electron chi connectivity index (χ2n) is 18.8. The van der Waals surface area contributed by atoms with Gasteiger partial charge in [0.2, 0.25) is 11.8 Å². The number of aromatic amines is 2. The number of nitrogens with zero attached hydrogens (tertiary/aromatic N) is 4. The van der Waals surface area contributed by atoms with E-state index in [4.69, 9.17) is 24.2 Å². The van der Waals surface area contributed by atoms with Gasteiger partial charge in [-0.15, -0.1) is 0 Å². The molecule has 5 aromatic rings. The normalized spacial score (nSPS) is 20.2. The van der Waals surface area contributed by atoms with Crippen molar-refractivity contribution in [1.82, 2.24) is 40.4 Å². The molecule has 2 aromatic heterocycles. The van der Waals surface area contributed by atoms with Gasteiger partial charge in [0.1, 0.15) is 23.7 Å². The van der Waals surface area contributed by atoms with Gasteiger partial charge in [-0.1, -0.05) is 89.4 Å². The highest BCUT2D eigenvalue weighted by Crippen LogP contribution is 2.39. The van der Waals surface area contributed by atoms with Gasteiger partial charge in [0.25, 0.3) is 0 Å². The number of likely N-dealkylation sites (tertiary alicyclic amines) is 2. The number of ether oxygens (including phenoxy) is 3. The monoisotopic (exact) mass is 888 g/mol. The highest BCUT2D eigenvalue weighted by atomic mass is 16.5. The Kier molecular flexibility index (Phi) is 14.1. The summed E-state index contributed by atoms with van der Waals surface area (Å²) >= 11 is 0. The van der Waals surface area contributed by atoms with E-state index in [2.05, 4.69) is 75.2 Å². The predicted molar refractivity (Wildman–Crippen MR) is 249 cm³/mol. The Balaban J connectivity index is 0.990. The molecule has 0 radical (unpaired) electrons. The number of carbonyl (C=O) groups is 4. The van der Waals surface area contributed by atoms with Crippen LogP contribution in [-0.2, 0) is 23.8 Å². The molecule has 346 valence electrons. The van der Waals surface area contributed by atoms with Gasteiger partial charge in [-0.3, -0.25) is 9.59 Å². The number of aromatic nitrogens is 4. The third-order valence-corrected chi connectivity index (χ3v) is 13.7. The van der Waals surface area contributed by atoms with E-state index in [9.17, 15) is 19.2 Å². The quantitative estimate of drug-likeness (QED) is 0.0847. The fraction of sp³-hybridized carbons (Fsp3) is 0.520. The average molecular weight is 889 g/mol. The Morgan fingerprint density at radius 3 is 2.03 bits per heavy atom. The van der Waals surface area contributed by atoms with Gasteiger partial charge in [-0.05, 0) is 84.1 Å². The molecule has 15 heteroatoms. The highest BCUT2D eigenvalue weighted by Gasteiger charge is 2.42. The fourth-order valence-corrected chi connectivity index (χ4v) is 10.0. The first kappa shape index (κ1) is 45.6. The molecule has 3 aliphatic rings. The van der Waals surface area contributed by atoms with Crippen LogP contribution in [0.4, 0.5) is 9.59 Å². The molecule has 15 nitrogen and oxygen atoms in total. The molecular formula is C50H64N8O7. The maximum absolute atomic E-state index is 14.3. The summed E-state index contributed by atoms with van der Waals surface area (Å²) in [6.45, 7) is 10.1. The van der Waals surface area contributed by atoms with Crippen molar-refractivity contribution < 1.29 is 33.4 Å². The Morgan fingerprint density at radius 2 is 1.35 bits per heavy atom. The maximum Gasteiger partial charge on any atom is 0.407 e. The summed E-state index contributed by atoms with van der Waals surface area (Å²) in [6, 6.07) is 16.9. The summed E-state index contributed by atoms with van der Waals surface area (Å²) in [6.07, 6.45) is 9.14. The summed E-state index contributed by atoms with van der Waals surface area (Å²) < 4.78 is 16.0. The van der Waals surface area contributed by atoms with Crippen LogP contribution in [0.2, 0.25) is 0 Å². The van der Waals surface area contributed by atoms with E-state index >= 15 is 0 Å². The minimum absolute atomic E-state index is 0.112. The summed E-state index contributed by atoms with van der Waals surface area (Å²) in [5.41, 5.74) is 5.68. The molecule has 0 bridgehead atoms. The number of nitrogens with one attached hydrogen (secondary N) is 4. The Hall–Kier alpha value is -5.96.